The summed E-state index contributed by atoms with van der Waals surface area (Å²) in [5.74, 6) is 0.620. The van der Waals surface area contributed by atoms with Crippen LogP contribution in [0.15, 0.2) is 28.3 Å². The van der Waals surface area contributed by atoms with E-state index in [0.717, 1.165) is 5.06 Å². The van der Waals surface area contributed by atoms with Crippen LogP contribution in [0.1, 0.15) is 12.5 Å². The van der Waals surface area contributed by atoms with Gasteiger partial charge in [-0.05, 0) is 19.1 Å². The molecule has 0 saturated heterocycles. The Hall–Kier alpha value is -1.95. The lowest BCUT2D eigenvalue weighted by molar-refractivity contribution is 0.0700. The summed E-state index contributed by atoms with van der Waals surface area (Å²) in [6.45, 7) is 2.45. The molecule has 16 heavy (non-hydrogen) atoms. The lowest BCUT2D eigenvalue weighted by Gasteiger charge is -2.14. The van der Waals surface area contributed by atoms with Gasteiger partial charge in [-0.1, -0.05) is 0 Å². The third kappa shape index (κ3) is 2.77. The van der Waals surface area contributed by atoms with Crippen LogP contribution in [0.4, 0.5) is 5.82 Å². The van der Waals surface area contributed by atoms with Crippen LogP contribution >= 0.6 is 0 Å². The normalized spacial score (nSPS) is 12.1. The lowest BCUT2D eigenvalue weighted by atomic mass is 10.2. The van der Waals surface area contributed by atoms with Crippen LogP contribution in [0.3, 0.4) is 0 Å². The molecule has 0 radical (unpaired) electrons. The highest BCUT2D eigenvalue weighted by Gasteiger charge is 2.12. The van der Waals surface area contributed by atoms with Gasteiger partial charge < -0.3 is 5.73 Å². The Morgan fingerprint density at radius 2 is 2.44 bits per heavy atom. The van der Waals surface area contributed by atoms with Crippen molar-refractivity contribution in [2.45, 2.75) is 6.92 Å². The summed E-state index contributed by atoms with van der Waals surface area (Å²) >= 11 is 0. The predicted octanol–water partition coefficient (Wildman–Crippen LogP) is 0.780. The molecule has 1 aromatic heterocycles. The van der Waals surface area contributed by atoms with Crippen molar-refractivity contribution in [2.75, 3.05) is 19.3 Å². The van der Waals surface area contributed by atoms with Crippen LogP contribution in [0.25, 0.3) is 0 Å². The van der Waals surface area contributed by atoms with Crippen molar-refractivity contribution in [3.8, 4) is 0 Å². The number of hydrogen-bond acceptors (Lipinski definition) is 5. The number of hydroxylamine groups is 2. The second kappa shape index (κ2) is 5.82. The summed E-state index contributed by atoms with van der Waals surface area (Å²) < 4.78 is 0. The monoisotopic (exact) mass is 221 g/mol. The average Bonchev–Trinajstić information content (AvgIpc) is 2.30. The van der Waals surface area contributed by atoms with Gasteiger partial charge in [0.15, 0.2) is 5.84 Å². The van der Waals surface area contributed by atoms with Gasteiger partial charge in [0.25, 0.3) is 0 Å². The van der Waals surface area contributed by atoms with Crippen LogP contribution < -0.4 is 5.73 Å². The van der Waals surface area contributed by atoms with E-state index in [4.69, 9.17) is 5.73 Å². The van der Waals surface area contributed by atoms with E-state index in [9.17, 15) is 5.21 Å². The molecule has 1 rings (SSSR count). The standard InChI is InChI=1S/C10H15N5O/c1-3-13-7-15(16)10(12-2)8-5-4-6-14-9(8)11/h4-7,16H,3H2,1-2H3,(H2,11,14)/b12-10?,13-7+. The minimum absolute atomic E-state index is 0.308. The second-order valence-corrected chi connectivity index (χ2v) is 2.94. The van der Waals surface area contributed by atoms with E-state index in [-0.39, 0.29) is 0 Å². The highest BCUT2D eigenvalue weighted by atomic mass is 16.5. The molecule has 6 heteroatoms. The van der Waals surface area contributed by atoms with Crippen LogP contribution in [0.5, 0.6) is 0 Å². The topological polar surface area (TPSA) is 87.1 Å². The first-order valence-electron chi connectivity index (χ1n) is 4.86. The zero-order valence-electron chi connectivity index (χ0n) is 9.33. The molecule has 0 aliphatic carbocycles. The first-order valence-corrected chi connectivity index (χ1v) is 4.86. The molecule has 0 aromatic carbocycles. The van der Waals surface area contributed by atoms with Gasteiger partial charge in [-0.2, -0.15) is 5.06 Å². The first kappa shape index (κ1) is 12.1. The first-order chi connectivity index (χ1) is 7.70. The Labute approximate surface area is 94.1 Å². The Morgan fingerprint density at radius 1 is 1.69 bits per heavy atom. The highest BCUT2D eigenvalue weighted by Crippen LogP contribution is 2.09. The number of nitrogens with zero attached hydrogens (tertiary/aromatic N) is 4. The van der Waals surface area contributed by atoms with Crippen molar-refractivity contribution in [3.05, 3.63) is 23.9 Å². The van der Waals surface area contributed by atoms with Gasteiger partial charge in [0.1, 0.15) is 12.2 Å². The van der Waals surface area contributed by atoms with E-state index >= 15 is 0 Å². The number of rotatable bonds is 3. The Bertz CT molecular complexity index is 402. The van der Waals surface area contributed by atoms with E-state index in [0.29, 0.717) is 23.8 Å². The second-order valence-electron chi connectivity index (χ2n) is 2.94. The molecule has 3 N–H and O–H groups in total. The molecule has 1 aromatic rings. The molecule has 6 nitrogen and oxygen atoms in total. The van der Waals surface area contributed by atoms with Crippen molar-refractivity contribution >= 4 is 18.0 Å². The number of nitrogens with two attached hydrogens (primary N) is 1. The van der Waals surface area contributed by atoms with Gasteiger partial charge >= 0.3 is 0 Å². The molecule has 0 unspecified atom stereocenters. The Kier molecular flexibility index (Phi) is 4.41. The van der Waals surface area contributed by atoms with Crippen molar-refractivity contribution in [3.63, 3.8) is 0 Å². The van der Waals surface area contributed by atoms with Crippen molar-refractivity contribution < 1.29 is 5.21 Å². The van der Waals surface area contributed by atoms with Crippen LogP contribution in [0, 0.1) is 0 Å². The average molecular weight is 221 g/mol. The van der Waals surface area contributed by atoms with Crippen molar-refractivity contribution in [1.82, 2.24) is 10.0 Å². The van der Waals surface area contributed by atoms with E-state index in [2.05, 4.69) is 15.0 Å². The lowest BCUT2D eigenvalue weighted by Crippen LogP contribution is -2.28. The number of pyridine rings is 1. The summed E-state index contributed by atoms with van der Waals surface area (Å²) in [5.41, 5.74) is 6.25. The molecule has 0 amide bonds. The quantitative estimate of drug-likeness (QED) is 0.448. The predicted molar refractivity (Wildman–Crippen MR) is 63.8 cm³/mol. The van der Waals surface area contributed by atoms with Crippen molar-refractivity contribution in [1.29, 1.82) is 0 Å². The molecule has 1 heterocycles. The fraction of sp³-hybridized carbons (Fsp3) is 0.300. The van der Waals surface area contributed by atoms with Gasteiger partial charge in [-0.25, -0.2) is 4.98 Å². The highest BCUT2D eigenvalue weighted by molar-refractivity contribution is 6.06. The molecule has 0 spiro atoms. The minimum atomic E-state index is 0.308. The third-order valence-corrected chi connectivity index (χ3v) is 1.88. The maximum absolute atomic E-state index is 9.69. The SMILES string of the molecule is CC/N=C/N(O)C(=NC)c1cccnc1N. The van der Waals surface area contributed by atoms with Gasteiger partial charge in [-0.3, -0.25) is 15.2 Å². The third-order valence-electron chi connectivity index (χ3n) is 1.88. The molecule has 86 valence electrons. The number of amidine groups is 1. The molecular formula is C10H15N5O. The minimum Gasteiger partial charge on any atom is -0.383 e. The fourth-order valence-electron chi connectivity index (χ4n) is 1.17. The summed E-state index contributed by atoms with van der Waals surface area (Å²) in [4.78, 5) is 11.8. The van der Waals surface area contributed by atoms with E-state index in [1.165, 1.54) is 6.34 Å². The zero-order chi connectivity index (χ0) is 12.0. The maximum Gasteiger partial charge on any atom is 0.165 e. The van der Waals surface area contributed by atoms with E-state index in [1.54, 1.807) is 25.4 Å². The van der Waals surface area contributed by atoms with Crippen LogP contribution in [0.2, 0.25) is 0 Å². The molecule has 0 aliphatic heterocycles. The molecule has 0 aliphatic rings. The summed E-state index contributed by atoms with van der Waals surface area (Å²) in [5, 5.41) is 10.5. The zero-order valence-corrected chi connectivity index (χ0v) is 9.33. The van der Waals surface area contributed by atoms with Gasteiger partial charge in [0.2, 0.25) is 0 Å². The van der Waals surface area contributed by atoms with Crippen molar-refractivity contribution in [2.24, 2.45) is 9.98 Å². The van der Waals surface area contributed by atoms with E-state index < -0.39 is 0 Å². The fourth-order valence-corrected chi connectivity index (χ4v) is 1.17. The molecule has 0 atom stereocenters. The van der Waals surface area contributed by atoms with Gasteiger partial charge in [0.05, 0.1) is 5.56 Å². The molecule has 0 bridgehead atoms. The molecular weight excluding hydrogens is 206 g/mol. The van der Waals surface area contributed by atoms with E-state index in [1.807, 2.05) is 6.92 Å². The van der Waals surface area contributed by atoms with Gasteiger partial charge in [0, 0.05) is 19.8 Å². The van der Waals surface area contributed by atoms with Crippen LogP contribution in [-0.4, -0.2) is 41.0 Å². The number of aromatic nitrogens is 1. The van der Waals surface area contributed by atoms with Gasteiger partial charge in [-0.15, -0.1) is 0 Å². The Morgan fingerprint density at radius 3 is 3.00 bits per heavy atom. The largest absolute Gasteiger partial charge is 0.383 e. The summed E-state index contributed by atoms with van der Waals surface area (Å²) in [7, 11) is 1.56. The number of nitrogen functional groups attached to an aromatic ring is 1. The number of aliphatic imine (C=N–C) groups is 2. The number of hydrogen-bond donors (Lipinski definition) is 2. The Balaban J connectivity index is 3.00. The smallest absolute Gasteiger partial charge is 0.165 e. The molecule has 0 fully saturated rings. The number of anilines is 1. The summed E-state index contributed by atoms with van der Waals surface area (Å²) in [6, 6.07) is 3.45. The summed E-state index contributed by atoms with van der Waals surface area (Å²) in [6.07, 6.45) is 2.86. The molecule has 0 saturated carbocycles. The maximum atomic E-state index is 9.69. The van der Waals surface area contributed by atoms with Crippen LogP contribution in [-0.2, 0) is 0 Å².